The molecule has 0 aliphatic heterocycles. The lowest BCUT2D eigenvalue weighted by Gasteiger charge is -2.11. The quantitative estimate of drug-likeness (QED) is 0.167. The molecule has 0 spiro atoms. The van der Waals surface area contributed by atoms with Gasteiger partial charge in [-0.1, -0.05) is 152 Å². The first kappa shape index (κ1) is 33.8. The number of hydrogen-bond acceptors (Lipinski definition) is 6. The van der Waals surface area contributed by atoms with E-state index < -0.39 is 0 Å². The van der Waals surface area contributed by atoms with Gasteiger partial charge in [-0.2, -0.15) is 9.97 Å². The molecule has 0 amide bonds. The molecule has 0 N–H and O–H groups in total. The van der Waals surface area contributed by atoms with Gasteiger partial charge in [0.1, 0.15) is 11.2 Å². The van der Waals surface area contributed by atoms with Crippen molar-refractivity contribution in [2.24, 2.45) is 0 Å². The summed E-state index contributed by atoms with van der Waals surface area (Å²) in [6, 6.07) is 66.3. The van der Waals surface area contributed by atoms with E-state index in [4.69, 9.17) is 29.3 Å². The molecule has 0 aliphatic rings. The first-order valence-corrected chi connectivity index (χ1v) is 19.9. The second kappa shape index (κ2) is 13.7. The van der Waals surface area contributed by atoms with E-state index in [0.717, 1.165) is 93.7 Å². The molecule has 7 heteroatoms. The van der Waals surface area contributed by atoms with Gasteiger partial charge in [-0.3, -0.25) is 4.57 Å². The van der Waals surface area contributed by atoms with E-state index >= 15 is 0 Å². The van der Waals surface area contributed by atoms with Crippen LogP contribution in [-0.4, -0.2) is 29.5 Å². The number of aromatic nitrogens is 6. The Hall–Kier alpha value is -8.29. The van der Waals surface area contributed by atoms with Crippen molar-refractivity contribution >= 4 is 54.6 Å². The Balaban J connectivity index is 1.03. The fourth-order valence-corrected chi connectivity index (χ4v) is 8.47. The zero-order valence-electron chi connectivity index (χ0n) is 32.1. The summed E-state index contributed by atoms with van der Waals surface area (Å²) >= 11 is 0. The van der Waals surface area contributed by atoms with E-state index in [1.54, 1.807) is 0 Å². The number of para-hydroxylation sites is 2. The van der Waals surface area contributed by atoms with Crippen LogP contribution in [0.25, 0.3) is 117 Å². The molecule has 0 saturated carbocycles. The van der Waals surface area contributed by atoms with Gasteiger partial charge >= 0.3 is 0 Å². The van der Waals surface area contributed by atoms with Crippen molar-refractivity contribution in [3.05, 3.63) is 194 Å². The molecule has 4 aromatic heterocycles. The van der Waals surface area contributed by atoms with E-state index in [2.05, 4.69) is 95.6 Å². The molecular formula is C53H32N6O. The molecular weight excluding hydrogens is 737 g/mol. The molecule has 8 aromatic carbocycles. The maximum Gasteiger partial charge on any atom is 0.238 e. The van der Waals surface area contributed by atoms with Crippen molar-refractivity contribution in [1.29, 1.82) is 0 Å². The molecule has 12 aromatic rings. The summed E-state index contributed by atoms with van der Waals surface area (Å²) in [5, 5.41) is 5.21. The van der Waals surface area contributed by atoms with Gasteiger partial charge in [0, 0.05) is 49.2 Å². The van der Waals surface area contributed by atoms with Gasteiger partial charge < -0.3 is 4.42 Å². The van der Waals surface area contributed by atoms with Crippen molar-refractivity contribution in [2.75, 3.05) is 0 Å². The maximum absolute atomic E-state index is 6.49. The highest BCUT2D eigenvalue weighted by Crippen LogP contribution is 2.40. The van der Waals surface area contributed by atoms with Crippen molar-refractivity contribution in [3.63, 3.8) is 0 Å². The van der Waals surface area contributed by atoms with Crippen LogP contribution in [-0.2, 0) is 0 Å². The molecule has 0 atom stereocenters. The molecule has 280 valence electrons. The first-order valence-electron chi connectivity index (χ1n) is 19.9. The Labute approximate surface area is 343 Å². The lowest BCUT2D eigenvalue weighted by Crippen LogP contribution is -2.06. The van der Waals surface area contributed by atoms with Crippen molar-refractivity contribution < 1.29 is 4.42 Å². The van der Waals surface area contributed by atoms with Crippen molar-refractivity contribution in [2.45, 2.75) is 0 Å². The highest BCUT2D eigenvalue weighted by Gasteiger charge is 2.20. The summed E-state index contributed by atoms with van der Waals surface area (Å²) in [5.41, 5.74) is 11.4. The summed E-state index contributed by atoms with van der Waals surface area (Å²) in [4.78, 5) is 25.5. The van der Waals surface area contributed by atoms with Crippen LogP contribution in [0, 0.1) is 0 Å². The minimum Gasteiger partial charge on any atom is -0.456 e. The normalized spacial score (nSPS) is 11.7. The number of rotatable bonds is 6. The zero-order valence-corrected chi connectivity index (χ0v) is 32.1. The van der Waals surface area contributed by atoms with Gasteiger partial charge in [-0.05, 0) is 53.6 Å². The summed E-state index contributed by atoms with van der Waals surface area (Å²) < 4.78 is 8.65. The highest BCUT2D eigenvalue weighted by molar-refractivity contribution is 6.14. The average Bonchev–Trinajstić information content (AvgIpc) is 3.87. The molecule has 7 nitrogen and oxygen atoms in total. The smallest absolute Gasteiger partial charge is 0.238 e. The van der Waals surface area contributed by atoms with Crippen LogP contribution < -0.4 is 0 Å². The highest BCUT2D eigenvalue weighted by atomic mass is 16.3. The van der Waals surface area contributed by atoms with Gasteiger partial charge in [0.2, 0.25) is 5.95 Å². The Morgan fingerprint density at radius 2 is 0.950 bits per heavy atom. The molecule has 0 unspecified atom stereocenters. The van der Waals surface area contributed by atoms with E-state index in [0.29, 0.717) is 23.4 Å². The Bertz CT molecular complexity index is 3540. The Kier molecular flexibility index (Phi) is 7.71. The van der Waals surface area contributed by atoms with Gasteiger partial charge in [0.15, 0.2) is 17.5 Å². The summed E-state index contributed by atoms with van der Waals surface area (Å²) in [5.74, 6) is 2.45. The molecule has 0 fully saturated rings. The number of furan rings is 1. The van der Waals surface area contributed by atoms with Crippen molar-refractivity contribution in [3.8, 4) is 62.5 Å². The third kappa shape index (κ3) is 5.56. The summed E-state index contributed by atoms with van der Waals surface area (Å²) in [7, 11) is 0. The molecule has 4 heterocycles. The van der Waals surface area contributed by atoms with E-state index in [1.807, 2.05) is 103 Å². The summed E-state index contributed by atoms with van der Waals surface area (Å²) in [6.07, 6.45) is 0. The molecule has 0 radical (unpaired) electrons. The van der Waals surface area contributed by atoms with Crippen LogP contribution >= 0.6 is 0 Å². The molecule has 12 rings (SSSR count). The number of benzene rings is 8. The predicted molar refractivity (Wildman–Crippen MR) is 242 cm³/mol. The second-order valence-corrected chi connectivity index (χ2v) is 14.9. The third-order valence-electron chi connectivity index (χ3n) is 11.3. The van der Waals surface area contributed by atoms with Crippen molar-refractivity contribution in [1.82, 2.24) is 29.5 Å². The Morgan fingerprint density at radius 3 is 1.68 bits per heavy atom. The van der Waals surface area contributed by atoms with E-state index in [-0.39, 0.29) is 0 Å². The average molecular weight is 769 g/mol. The van der Waals surface area contributed by atoms with E-state index in [1.165, 1.54) is 0 Å². The van der Waals surface area contributed by atoms with Gasteiger partial charge in [0.25, 0.3) is 0 Å². The fourth-order valence-electron chi connectivity index (χ4n) is 8.47. The second-order valence-electron chi connectivity index (χ2n) is 14.9. The lowest BCUT2D eigenvalue weighted by molar-refractivity contribution is 0.669. The van der Waals surface area contributed by atoms with Crippen LogP contribution in [0.3, 0.4) is 0 Å². The van der Waals surface area contributed by atoms with Gasteiger partial charge in [-0.25, -0.2) is 15.0 Å². The number of hydrogen-bond donors (Lipinski definition) is 0. The number of fused-ring (bicyclic) bond motifs is 7. The molecule has 0 aliphatic carbocycles. The topological polar surface area (TPSA) is 82.5 Å². The summed E-state index contributed by atoms with van der Waals surface area (Å²) in [6.45, 7) is 0. The third-order valence-corrected chi connectivity index (χ3v) is 11.3. The van der Waals surface area contributed by atoms with Crippen LogP contribution in [0.5, 0.6) is 0 Å². The zero-order chi connectivity index (χ0) is 39.6. The molecule has 60 heavy (non-hydrogen) atoms. The predicted octanol–water partition coefficient (Wildman–Crippen LogP) is 13.1. The Morgan fingerprint density at radius 1 is 0.350 bits per heavy atom. The van der Waals surface area contributed by atoms with Crippen LogP contribution in [0.15, 0.2) is 199 Å². The maximum atomic E-state index is 6.49. The minimum atomic E-state index is 0.562. The van der Waals surface area contributed by atoms with Crippen LogP contribution in [0.2, 0.25) is 0 Å². The SMILES string of the molecule is c1ccc(-c2nc(-c3ccccc3)nc(-n3c4ccccc4c4cc(-c5ccc6oc7cccc(-c8nc(-c9ccccc9)c9ccccc9n8)c7c6c5)ccc43)n2)cc1. The van der Waals surface area contributed by atoms with Gasteiger partial charge in [-0.15, -0.1) is 0 Å². The fraction of sp³-hybridized carbons (Fsp3) is 0. The van der Waals surface area contributed by atoms with Crippen LogP contribution in [0.4, 0.5) is 0 Å². The van der Waals surface area contributed by atoms with E-state index in [9.17, 15) is 0 Å². The first-order chi connectivity index (χ1) is 29.7. The van der Waals surface area contributed by atoms with Crippen LogP contribution in [0.1, 0.15) is 0 Å². The minimum absolute atomic E-state index is 0.562. The number of nitrogens with zero attached hydrogens (tertiary/aromatic N) is 6. The monoisotopic (exact) mass is 768 g/mol. The molecule has 0 saturated heterocycles. The van der Waals surface area contributed by atoms with Gasteiger partial charge in [0.05, 0.1) is 22.2 Å². The lowest BCUT2D eigenvalue weighted by atomic mass is 9.99. The standard InChI is InChI=1S/C53H32N6O/c1-4-15-33(16-5-1)49-39-22-10-12-24-43(39)54-52(55-49)40-23-14-26-47-48(40)42-32-37(28-30-46(42)60-47)36-27-29-45-41(31-36)38-21-11-13-25-44(38)59(45)53-57-50(34-17-6-2-7-18-34)56-51(58-53)35-19-8-3-9-20-35/h1-32H. The molecule has 0 bridgehead atoms. The largest absolute Gasteiger partial charge is 0.456 e.